The highest BCUT2D eigenvalue weighted by Crippen LogP contribution is 2.27. The molecular formula is C20H24O4. The van der Waals surface area contributed by atoms with Crippen molar-refractivity contribution in [1.29, 1.82) is 0 Å². The zero-order valence-electron chi connectivity index (χ0n) is 13.7. The quantitative estimate of drug-likeness (QED) is 0.853. The molecule has 1 fully saturated rings. The lowest BCUT2D eigenvalue weighted by atomic mass is 9.94. The van der Waals surface area contributed by atoms with Crippen molar-refractivity contribution in [3.8, 4) is 11.5 Å². The van der Waals surface area contributed by atoms with Crippen LogP contribution in [0, 0.1) is 0 Å². The molecule has 0 aromatic heterocycles. The molecule has 3 rings (SSSR count). The molecule has 4 heteroatoms. The van der Waals surface area contributed by atoms with Gasteiger partial charge < -0.3 is 19.7 Å². The molecule has 0 amide bonds. The van der Waals surface area contributed by atoms with Crippen molar-refractivity contribution >= 4 is 0 Å². The summed E-state index contributed by atoms with van der Waals surface area (Å²) in [5.74, 6) is 1.60. The summed E-state index contributed by atoms with van der Waals surface area (Å²) in [6.45, 7) is 0.0452. The highest BCUT2D eigenvalue weighted by atomic mass is 16.5. The topological polar surface area (TPSA) is 58.9 Å². The fourth-order valence-corrected chi connectivity index (χ4v) is 3.14. The van der Waals surface area contributed by atoms with Gasteiger partial charge in [-0.05, 0) is 54.7 Å². The van der Waals surface area contributed by atoms with Gasteiger partial charge in [0.25, 0.3) is 0 Å². The van der Waals surface area contributed by atoms with E-state index in [1.54, 1.807) is 0 Å². The lowest BCUT2D eigenvalue weighted by Gasteiger charge is -2.30. The summed E-state index contributed by atoms with van der Waals surface area (Å²) in [4.78, 5) is 0. The maximum atomic E-state index is 9.22. The van der Waals surface area contributed by atoms with Crippen LogP contribution >= 0.6 is 0 Å². The van der Waals surface area contributed by atoms with E-state index in [0.717, 1.165) is 48.3 Å². The first-order valence-electron chi connectivity index (χ1n) is 8.49. The van der Waals surface area contributed by atoms with Gasteiger partial charge >= 0.3 is 0 Å². The summed E-state index contributed by atoms with van der Waals surface area (Å²) in [7, 11) is 0. The lowest BCUT2D eigenvalue weighted by Crippen LogP contribution is -2.32. The summed E-state index contributed by atoms with van der Waals surface area (Å²) < 4.78 is 12.2. The second-order valence-corrected chi connectivity index (χ2v) is 6.26. The number of rotatable bonds is 6. The zero-order chi connectivity index (χ0) is 16.8. The molecule has 2 atom stereocenters. The molecule has 0 radical (unpaired) electrons. The maximum absolute atomic E-state index is 9.22. The summed E-state index contributed by atoms with van der Waals surface area (Å²) in [5, 5.41) is 18.4. The van der Waals surface area contributed by atoms with Crippen LogP contribution in [0.5, 0.6) is 11.5 Å². The molecule has 4 nitrogen and oxygen atoms in total. The van der Waals surface area contributed by atoms with Crippen molar-refractivity contribution in [3.05, 3.63) is 59.7 Å². The SMILES string of the molecule is OCc1cccc(OC2CCCC(Oc3cccc(CO)c3)C2)c1. The zero-order valence-corrected chi connectivity index (χ0v) is 13.7. The van der Waals surface area contributed by atoms with Crippen LogP contribution in [0.2, 0.25) is 0 Å². The van der Waals surface area contributed by atoms with Gasteiger partial charge in [0.1, 0.15) is 23.7 Å². The molecule has 0 heterocycles. The van der Waals surface area contributed by atoms with E-state index in [1.165, 1.54) is 0 Å². The van der Waals surface area contributed by atoms with Crippen LogP contribution in [-0.2, 0) is 13.2 Å². The minimum absolute atomic E-state index is 0.0226. The number of aliphatic hydroxyl groups excluding tert-OH is 2. The third kappa shape index (κ3) is 4.49. The van der Waals surface area contributed by atoms with E-state index in [-0.39, 0.29) is 25.4 Å². The molecule has 2 unspecified atom stereocenters. The molecule has 24 heavy (non-hydrogen) atoms. The molecule has 0 bridgehead atoms. The first-order chi connectivity index (χ1) is 11.8. The molecule has 0 saturated heterocycles. The van der Waals surface area contributed by atoms with Crippen LogP contribution in [0.4, 0.5) is 0 Å². The Morgan fingerprint density at radius 2 is 1.29 bits per heavy atom. The standard InChI is InChI=1S/C20H24O4/c21-13-15-4-1-6-17(10-15)23-19-8-3-9-20(12-19)24-18-7-2-5-16(11-18)14-22/h1-2,4-7,10-11,19-22H,3,8-9,12-14H2. The van der Waals surface area contributed by atoms with Crippen molar-refractivity contribution in [2.45, 2.75) is 51.1 Å². The lowest BCUT2D eigenvalue weighted by molar-refractivity contribution is 0.0678. The van der Waals surface area contributed by atoms with Crippen molar-refractivity contribution in [3.63, 3.8) is 0 Å². The Morgan fingerprint density at radius 1 is 0.792 bits per heavy atom. The molecule has 2 aromatic carbocycles. The van der Waals surface area contributed by atoms with Gasteiger partial charge in [0.2, 0.25) is 0 Å². The van der Waals surface area contributed by atoms with E-state index in [4.69, 9.17) is 9.47 Å². The van der Waals surface area contributed by atoms with E-state index in [2.05, 4.69) is 0 Å². The molecule has 1 aliphatic carbocycles. The Bertz CT molecular complexity index is 600. The minimum Gasteiger partial charge on any atom is -0.490 e. The highest BCUT2D eigenvalue weighted by molar-refractivity contribution is 5.29. The Hall–Kier alpha value is -2.04. The van der Waals surface area contributed by atoms with Gasteiger partial charge in [0, 0.05) is 6.42 Å². The average Bonchev–Trinajstić information content (AvgIpc) is 2.62. The Labute approximate surface area is 142 Å². The number of hydrogen-bond acceptors (Lipinski definition) is 4. The number of aliphatic hydroxyl groups is 2. The smallest absolute Gasteiger partial charge is 0.120 e. The Morgan fingerprint density at radius 3 is 1.75 bits per heavy atom. The van der Waals surface area contributed by atoms with Crippen molar-refractivity contribution < 1.29 is 19.7 Å². The highest BCUT2D eigenvalue weighted by Gasteiger charge is 2.25. The molecule has 0 spiro atoms. The average molecular weight is 328 g/mol. The van der Waals surface area contributed by atoms with Crippen molar-refractivity contribution in [1.82, 2.24) is 0 Å². The monoisotopic (exact) mass is 328 g/mol. The second kappa shape index (κ2) is 8.18. The van der Waals surface area contributed by atoms with Crippen molar-refractivity contribution in [2.24, 2.45) is 0 Å². The molecule has 2 aromatic rings. The molecule has 128 valence electrons. The van der Waals surface area contributed by atoms with Crippen LogP contribution in [0.25, 0.3) is 0 Å². The normalized spacial score (nSPS) is 20.6. The van der Waals surface area contributed by atoms with Crippen LogP contribution in [0.15, 0.2) is 48.5 Å². The van der Waals surface area contributed by atoms with Gasteiger partial charge in [0.05, 0.1) is 13.2 Å². The van der Waals surface area contributed by atoms with Gasteiger partial charge in [-0.25, -0.2) is 0 Å². The number of benzene rings is 2. The minimum atomic E-state index is 0.0226. The second-order valence-electron chi connectivity index (χ2n) is 6.26. The van der Waals surface area contributed by atoms with E-state index in [1.807, 2.05) is 48.5 Å². The number of ether oxygens (including phenoxy) is 2. The summed E-state index contributed by atoms with van der Waals surface area (Å²) in [6.07, 6.45) is 4.18. The molecule has 0 aliphatic heterocycles. The fourth-order valence-electron chi connectivity index (χ4n) is 3.14. The molecule has 1 aliphatic rings. The Balaban J connectivity index is 1.59. The molecule has 2 N–H and O–H groups in total. The third-order valence-corrected chi connectivity index (χ3v) is 4.35. The van der Waals surface area contributed by atoms with Gasteiger partial charge in [-0.3, -0.25) is 0 Å². The predicted molar refractivity (Wildman–Crippen MR) is 92.0 cm³/mol. The number of hydrogen-bond donors (Lipinski definition) is 2. The molecule has 1 saturated carbocycles. The molecular weight excluding hydrogens is 304 g/mol. The van der Waals surface area contributed by atoms with E-state index in [9.17, 15) is 10.2 Å². The van der Waals surface area contributed by atoms with Crippen LogP contribution in [0.3, 0.4) is 0 Å². The van der Waals surface area contributed by atoms with Crippen LogP contribution in [0.1, 0.15) is 36.8 Å². The van der Waals surface area contributed by atoms with Gasteiger partial charge in [-0.2, -0.15) is 0 Å². The van der Waals surface area contributed by atoms with E-state index in [0.29, 0.717) is 0 Å². The summed E-state index contributed by atoms with van der Waals surface area (Å²) in [6, 6.07) is 15.2. The summed E-state index contributed by atoms with van der Waals surface area (Å²) >= 11 is 0. The van der Waals surface area contributed by atoms with E-state index < -0.39 is 0 Å². The van der Waals surface area contributed by atoms with Gasteiger partial charge in [-0.1, -0.05) is 24.3 Å². The van der Waals surface area contributed by atoms with Crippen molar-refractivity contribution in [2.75, 3.05) is 0 Å². The third-order valence-electron chi connectivity index (χ3n) is 4.35. The fraction of sp³-hybridized carbons (Fsp3) is 0.400. The predicted octanol–water partition coefficient (Wildman–Crippen LogP) is 3.44. The van der Waals surface area contributed by atoms with Crippen LogP contribution < -0.4 is 9.47 Å². The van der Waals surface area contributed by atoms with Gasteiger partial charge in [-0.15, -0.1) is 0 Å². The Kier molecular flexibility index (Phi) is 5.72. The van der Waals surface area contributed by atoms with Crippen LogP contribution in [-0.4, -0.2) is 22.4 Å². The first-order valence-corrected chi connectivity index (χ1v) is 8.49. The maximum Gasteiger partial charge on any atom is 0.120 e. The largest absolute Gasteiger partial charge is 0.490 e. The van der Waals surface area contributed by atoms with E-state index >= 15 is 0 Å². The van der Waals surface area contributed by atoms with Gasteiger partial charge in [0.15, 0.2) is 0 Å². The summed E-state index contributed by atoms with van der Waals surface area (Å²) in [5.41, 5.74) is 1.72. The first kappa shape index (κ1) is 16.8.